The first-order valence-corrected chi connectivity index (χ1v) is 9.01. The number of nitrogens with zero attached hydrogens (tertiary/aromatic N) is 3. The van der Waals surface area contributed by atoms with Crippen molar-refractivity contribution in [2.75, 3.05) is 13.2 Å². The largest absolute Gasteiger partial charge is 0.374 e. The van der Waals surface area contributed by atoms with Gasteiger partial charge in [0.15, 0.2) is 0 Å². The molecule has 6 nitrogen and oxygen atoms in total. The van der Waals surface area contributed by atoms with Crippen LogP contribution in [0.3, 0.4) is 0 Å². The van der Waals surface area contributed by atoms with E-state index in [0.29, 0.717) is 24.2 Å². The van der Waals surface area contributed by atoms with Gasteiger partial charge in [0.2, 0.25) is 5.91 Å². The molecule has 25 heavy (non-hydrogen) atoms. The standard InChI is InChI=1S/C19H23N3O3/c1-21-19(24)14-7-3-2-6-13(14)15(20-21)12-18(23)22-10-11-25-17-9-5-4-8-16(17)22/h2-3,6-7,16-17H,4-5,8-12H2,1H3/t16-,17-/m0/s1. The molecular weight excluding hydrogens is 318 g/mol. The lowest BCUT2D eigenvalue weighted by molar-refractivity contribution is -0.148. The van der Waals surface area contributed by atoms with Gasteiger partial charge in [-0.1, -0.05) is 31.0 Å². The summed E-state index contributed by atoms with van der Waals surface area (Å²) in [6.07, 6.45) is 4.77. The van der Waals surface area contributed by atoms with Gasteiger partial charge in [-0.05, 0) is 18.9 Å². The Morgan fingerprint density at radius 1 is 1.24 bits per heavy atom. The van der Waals surface area contributed by atoms with E-state index in [1.54, 1.807) is 13.1 Å². The summed E-state index contributed by atoms with van der Waals surface area (Å²) in [5.74, 6) is 0.0801. The van der Waals surface area contributed by atoms with E-state index in [1.165, 1.54) is 11.1 Å². The van der Waals surface area contributed by atoms with Crippen molar-refractivity contribution in [3.05, 3.63) is 40.3 Å². The number of morpholine rings is 1. The van der Waals surface area contributed by atoms with Crippen molar-refractivity contribution in [2.45, 2.75) is 44.2 Å². The monoisotopic (exact) mass is 341 g/mol. The fourth-order valence-electron chi connectivity index (χ4n) is 4.16. The second kappa shape index (κ2) is 6.59. The number of hydrogen-bond acceptors (Lipinski definition) is 4. The third kappa shape index (κ3) is 2.95. The van der Waals surface area contributed by atoms with E-state index in [0.717, 1.165) is 24.6 Å². The molecule has 2 atom stereocenters. The van der Waals surface area contributed by atoms with E-state index in [-0.39, 0.29) is 30.0 Å². The SMILES string of the molecule is Cn1nc(CC(=O)N2CCO[C@H]3CCCC[C@@H]32)c2ccccc2c1=O. The molecule has 1 saturated carbocycles. The molecule has 0 N–H and O–H groups in total. The molecule has 132 valence electrons. The molecule has 1 amide bonds. The van der Waals surface area contributed by atoms with Crippen LogP contribution in [0.2, 0.25) is 0 Å². The Labute approximate surface area is 146 Å². The Morgan fingerprint density at radius 3 is 2.84 bits per heavy atom. The minimum atomic E-state index is -0.134. The van der Waals surface area contributed by atoms with Crippen LogP contribution in [0, 0.1) is 0 Å². The van der Waals surface area contributed by atoms with Crippen LogP contribution in [-0.4, -0.2) is 45.9 Å². The molecule has 0 spiro atoms. The summed E-state index contributed by atoms with van der Waals surface area (Å²) in [6.45, 7) is 1.25. The van der Waals surface area contributed by atoms with Crippen LogP contribution < -0.4 is 5.56 Å². The summed E-state index contributed by atoms with van der Waals surface area (Å²) in [7, 11) is 1.63. The molecule has 6 heteroatoms. The van der Waals surface area contributed by atoms with Crippen molar-refractivity contribution in [2.24, 2.45) is 7.05 Å². The van der Waals surface area contributed by atoms with Crippen LogP contribution in [-0.2, 0) is 23.0 Å². The summed E-state index contributed by atoms with van der Waals surface area (Å²) in [4.78, 5) is 27.2. The summed E-state index contributed by atoms with van der Waals surface area (Å²) in [5.41, 5.74) is 0.534. The van der Waals surface area contributed by atoms with Gasteiger partial charge >= 0.3 is 0 Å². The zero-order valence-corrected chi connectivity index (χ0v) is 14.5. The third-order valence-corrected chi connectivity index (χ3v) is 5.40. The van der Waals surface area contributed by atoms with E-state index in [4.69, 9.17) is 4.74 Å². The fourth-order valence-corrected chi connectivity index (χ4v) is 4.16. The second-order valence-corrected chi connectivity index (χ2v) is 6.95. The molecule has 0 radical (unpaired) electrons. The first kappa shape index (κ1) is 16.3. The summed E-state index contributed by atoms with van der Waals surface area (Å²) >= 11 is 0. The Morgan fingerprint density at radius 2 is 2.00 bits per heavy atom. The molecule has 2 aliphatic rings. The number of ether oxygens (including phenoxy) is 1. The predicted molar refractivity (Wildman–Crippen MR) is 94.4 cm³/mol. The third-order valence-electron chi connectivity index (χ3n) is 5.40. The number of carbonyl (C=O) groups excluding carboxylic acids is 1. The van der Waals surface area contributed by atoms with E-state index in [2.05, 4.69) is 5.10 Å². The lowest BCUT2D eigenvalue weighted by atomic mass is 9.90. The smallest absolute Gasteiger partial charge is 0.274 e. The Kier molecular flexibility index (Phi) is 4.29. The number of aromatic nitrogens is 2. The quantitative estimate of drug-likeness (QED) is 0.833. The van der Waals surface area contributed by atoms with Gasteiger partial charge in [0.05, 0.1) is 36.3 Å². The average molecular weight is 341 g/mol. The molecule has 2 fully saturated rings. The van der Waals surface area contributed by atoms with Crippen molar-refractivity contribution in [1.82, 2.24) is 14.7 Å². The van der Waals surface area contributed by atoms with Gasteiger partial charge in [-0.15, -0.1) is 0 Å². The maximum atomic E-state index is 13.0. The molecule has 1 aliphatic heterocycles. The van der Waals surface area contributed by atoms with Gasteiger partial charge in [-0.3, -0.25) is 9.59 Å². The van der Waals surface area contributed by atoms with Crippen molar-refractivity contribution >= 4 is 16.7 Å². The second-order valence-electron chi connectivity index (χ2n) is 6.95. The predicted octanol–water partition coefficient (Wildman–Crippen LogP) is 1.65. The first-order chi connectivity index (χ1) is 12.1. The highest BCUT2D eigenvalue weighted by Gasteiger charge is 2.36. The Hall–Kier alpha value is -2.21. The molecule has 0 unspecified atom stereocenters. The number of benzene rings is 1. The van der Waals surface area contributed by atoms with Crippen molar-refractivity contribution in [3.63, 3.8) is 0 Å². The minimum absolute atomic E-state index is 0.0801. The van der Waals surface area contributed by atoms with Gasteiger partial charge in [-0.2, -0.15) is 5.10 Å². The molecule has 1 aromatic heterocycles. The number of carbonyl (C=O) groups is 1. The number of amides is 1. The lowest BCUT2D eigenvalue weighted by Gasteiger charge is -2.43. The van der Waals surface area contributed by atoms with Gasteiger partial charge in [0.1, 0.15) is 0 Å². The molecule has 2 aromatic rings. The maximum absolute atomic E-state index is 13.0. The zero-order valence-electron chi connectivity index (χ0n) is 14.5. The van der Waals surface area contributed by atoms with Gasteiger partial charge in [0, 0.05) is 19.0 Å². The van der Waals surface area contributed by atoms with Crippen molar-refractivity contribution < 1.29 is 9.53 Å². The minimum Gasteiger partial charge on any atom is -0.374 e. The van der Waals surface area contributed by atoms with Gasteiger partial charge in [-0.25, -0.2) is 4.68 Å². The molecule has 1 aliphatic carbocycles. The van der Waals surface area contributed by atoms with E-state index in [1.807, 2.05) is 23.1 Å². The number of fused-ring (bicyclic) bond motifs is 2. The molecule has 0 bridgehead atoms. The summed E-state index contributed by atoms with van der Waals surface area (Å²) < 4.78 is 7.19. The zero-order chi connectivity index (χ0) is 17.4. The molecular formula is C19H23N3O3. The number of rotatable bonds is 2. The molecule has 2 heterocycles. The van der Waals surface area contributed by atoms with Crippen LogP contribution in [0.4, 0.5) is 0 Å². The van der Waals surface area contributed by atoms with Crippen LogP contribution in [0.25, 0.3) is 10.8 Å². The number of aryl methyl sites for hydroxylation is 1. The van der Waals surface area contributed by atoms with Crippen molar-refractivity contribution in [3.8, 4) is 0 Å². The summed E-state index contributed by atoms with van der Waals surface area (Å²) in [5, 5.41) is 5.75. The fraction of sp³-hybridized carbons (Fsp3) is 0.526. The normalized spacial score (nSPS) is 23.5. The average Bonchev–Trinajstić information content (AvgIpc) is 2.65. The lowest BCUT2D eigenvalue weighted by Crippen LogP contribution is -2.55. The highest BCUT2D eigenvalue weighted by Crippen LogP contribution is 2.29. The van der Waals surface area contributed by atoms with Crippen LogP contribution >= 0.6 is 0 Å². The van der Waals surface area contributed by atoms with Crippen LogP contribution in [0.1, 0.15) is 31.4 Å². The Bertz CT molecular complexity index is 859. The number of hydrogen-bond donors (Lipinski definition) is 0. The molecule has 4 rings (SSSR count). The first-order valence-electron chi connectivity index (χ1n) is 9.01. The molecule has 1 aromatic carbocycles. The van der Waals surface area contributed by atoms with E-state index in [9.17, 15) is 9.59 Å². The van der Waals surface area contributed by atoms with E-state index < -0.39 is 0 Å². The topological polar surface area (TPSA) is 64.4 Å². The molecule has 1 saturated heterocycles. The van der Waals surface area contributed by atoms with Crippen molar-refractivity contribution in [1.29, 1.82) is 0 Å². The summed E-state index contributed by atoms with van der Waals surface area (Å²) in [6, 6.07) is 7.57. The highest BCUT2D eigenvalue weighted by atomic mass is 16.5. The van der Waals surface area contributed by atoms with Crippen LogP contribution in [0.15, 0.2) is 29.1 Å². The van der Waals surface area contributed by atoms with E-state index >= 15 is 0 Å². The Balaban J connectivity index is 1.64. The van der Waals surface area contributed by atoms with Gasteiger partial charge in [0.25, 0.3) is 5.56 Å². The van der Waals surface area contributed by atoms with Gasteiger partial charge < -0.3 is 9.64 Å². The highest BCUT2D eigenvalue weighted by molar-refractivity contribution is 5.88. The van der Waals surface area contributed by atoms with Crippen LogP contribution in [0.5, 0.6) is 0 Å². The maximum Gasteiger partial charge on any atom is 0.274 e.